The van der Waals surface area contributed by atoms with Crippen LogP contribution in [0.1, 0.15) is 49.6 Å². The van der Waals surface area contributed by atoms with E-state index in [-0.39, 0.29) is 12.2 Å². The minimum absolute atomic E-state index is 0.184. The molecule has 2 aromatic carbocycles. The molecule has 0 fully saturated rings. The highest BCUT2D eigenvalue weighted by Crippen LogP contribution is 2.38. The number of aryl methyl sites for hydroxylation is 1. The zero-order chi connectivity index (χ0) is 29.3. The summed E-state index contributed by atoms with van der Waals surface area (Å²) >= 11 is 11.3. The number of methoxy groups -OCH3 is 1. The molecule has 1 aliphatic heterocycles. The first-order valence-electron chi connectivity index (χ1n) is 13.2. The molecule has 10 heteroatoms. The zero-order valence-electron chi connectivity index (χ0n) is 23.0. The van der Waals surface area contributed by atoms with Gasteiger partial charge in [0.05, 0.1) is 29.5 Å². The van der Waals surface area contributed by atoms with Gasteiger partial charge >= 0.3 is 5.97 Å². The van der Waals surface area contributed by atoms with Crippen LogP contribution in [0.2, 0.25) is 5.02 Å². The van der Waals surface area contributed by atoms with E-state index in [1.165, 1.54) is 23.0 Å². The van der Waals surface area contributed by atoms with Crippen LogP contribution in [0.3, 0.4) is 0 Å². The van der Waals surface area contributed by atoms with Gasteiger partial charge in [-0.05, 0) is 68.3 Å². The summed E-state index contributed by atoms with van der Waals surface area (Å²) in [4.78, 5) is 32.7. The Labute approximate surface area is 254 Å². The van der Waals surface area contributed by atoms with Crippen molar-refractivity contribution in [3.8, 4) is 17.1 Å². The highest BCUT2D eigenvalue weighted by molar-refractivity contribution is 9.10. The fraction of sp³-hybridized carbons (Fsp3) is 0.258. The number of rotatable bonds is 8. The van der Waals surface area contributed by atoms with Crippen LogP contribution in [0.5, 0.6) is 5.75 Å². The maximum atomic E-state index is 14.0. The molecule has 5 rings (SSSR count). The van der Waals surface area contributed by atoms with Crippen LogP contribution >= 0.6 is 38.9 Å². The van der Waals surface area contributed by atoms with Crippen molar-refractivity contribution in [2.45, 2.75) is 39.7 Å². The zero-order valence-corrected chi connectivity index (χ0v) is 26.2. The lowest BCUT2D eigenvalue weighted by molar-refractivity contribution is -0.139. The van der Waals surface area contributed by atoms with Gasteiger partial charge in [0.15, 0.2) is 4.80 Å². The van der Waals surface area contributed by atoms with Gasteiger partial charge in [0.1, 0.15) is 23.3 Å². The summed E-state index contributed by atoms with van der Waals surface area (Å²) < 4.78 is 20.1. The predicted octanol–water partition coefficient (Wildman–Crippen LogP) is 6.57. The Kier molecular flexibility index (Phi) is 8.68. The van der Waals surface area contributed by atoms with Gasteiger partial charge in [0.2, 0.25) is 0 Å². The normalized spacial score (nSPS) is 15.1. The lowest BCUT2D eigenvalue weighted by Gasteiger charge is -2.27. The van der Waals surface area contributed by atoms with Crippen molar-refractivity contribution in [2.75, 3.05) is 13.7 Å². The van der Waals surface area contributed by atoms with Crippen LogP contribution < -0.4 is 19.6 Å². The first-order chi connectivity index (χ1) is 19.7. The second-order valence-corrected chi connectivity index (χ2v) is 11.8. The topological polar surface area (TPSA) is 83.0 Å². The Morgan fingerprint density at radius 1 is 1.20 bits per heavy atom. The van der Waals surface area contributed by atoms with E-state index in [2.05, 4.69) is 15.9 Å². The number of ether oxygens (including phenoxy) is 2. The first kappa shape index (κ1) is 29.1. The molecule has 0 radical (unpaired) electrons. The summed E-state index contributed by atoms with van der Waals surface area (Å²) in [6.07, 6.45) is 2.99. The number of hydrogen-bond donors (Lipinski definition) is 0. The SMILES string of the molecule is CCCC1=C(C(=O)OCC)[C@H](c2cc(Cl)ccc2OC)n2c(s/c(=C/c3ccc(-c4ccc(C)cc4Br)o3)c2=O)=N1. The van der Waals surface area contributed by atoms with E-state index >= 15 is 0 Å². The van der Waals surface area contributed by atoms with Gasteiger partial charge in [0, 0.05) is 26.7 Å². The molecule has 1 atom stereocenters. The number of allylic oxidation sites excluding steroid dienone is 1. The van der Waals surface area contributed by atoms with E-state index < -0.39 is 12.0 Å². The monoisotopic (exact) mass is 654 g/mol. The third-order valence-corrected chi connectivity index (χ3v) is 8.54. The van der Waals surface area contributed by atoms with Crippen molar-refractivity contribution in [3.05, 3.63) is 106 Å². The molecule has 0 spiro atoms. The smallest absolute Gasteiger partial charge is 0.338 e. The molecule has 3 heterocycles. The van der Waals surface area contributed by atoms with Crippen molar-refractivity contribution in [3.63, 3.8) is 0 Å². The van der Waals surface area contributed by atoms with Gasteiger partial charge in [0.25, 0.3) is 5.56 Å². The molecular weight excluding hydrogens is 628 g/mol. The van der Waals surface area contributed by atoms with E-state index in [1.807, 2.05) is 44.2 Å². The van der Waals surface area contributed by atoms with Crippen molar-refractivity contribution in [1.29, 1.82) is 0 Å². The molecule has 2 aromatic heterocycles. The quantitative estimate of drug-likeness (QED) is 0.201. The number of aromatic nitrogens is 1. The molecule has 0 saturated heterocycles. The summed E-state index contributed by atoms with van der Waals surface area (Å²) in [5.74, 6) is 1.16. The van der Waals surface area contributed by atoms with Crippen LogP contribution in [0.25, 0.3) is 17.4 Å². The van der Waals surface area contributed by atoms with E-state index in [1.54, 1.807) is 31.2 Å². The van der Waals surface area contributed by atoms with Crippen LogP contribution in [-0.4, -0.2) is 24.3 Å². The van der Waals surface area contributed by atoms with Gasteiger partial charge in [-0.15, -0.1) is 0 Å². The maximum Gasteiger partial charge on any atom is 0.338 e. The Hall–Kier alpha value is -3.40. The largest absolute Gasteiger partial charge is 0.496 e. The lowest BCUT2D eigenvalue weighted by Crippen LogP contribution is -2.40. The number of carbonyl (C=O) groups is 1. The number of thiazole rings is 1. The highest BCUT2D eigenvalue weighted by atomic mass is 79.9. The molecule has 0 N–H and O–H groups in total. The molecule has 0 unspecified atom stereocenters. The van der Waals surface area contributed by atoms with Gasteiger partial charge in [-0.1, -0.05) is 58.3 Å². The van der Waals surface area contributed by atoms with Gasteiger partial charge < -0.3 is 13.9 Å². The standard InChI is InChI=1S/C31H28BrClN2O5S/c1-5-7-23-27(30(37)39-6-2)28(21-15-18(33)9-12-24(21)38-4)35-29(36)26(41-31(35)34-23)16-19-10-13-25(40-19)20-11-8-17(3)14-22(20)32/h8-16,28H,5-7H2,1-4H3/b26-16+/t28-/m0/s1. The third kappa shape index (κ3) is 5.71. The van der Waals surface area contributed by atoms with Crippen LogP contribution in [0, 0.1) is 6.92 Å². The summed E-state index contributed by atoms with van der Waals surface area (Å²) in [5, 5.41) is 0.450. The Morgan fingerprint density at radius 2 is 2.00 bits per heavy atom. The summed E-state index contributed by atoms with van der Waals surface area (Å²) in [6, 6.07) is 14.0. The van der Waals surface area contributed by atoms with E-state index in [4.69, 9.17) is 30.5 Å². The van der Waals surface area contributed by atoms with Crippen molar-refractivity contribution in [2.24, 2.45) is 4.99 Å². The minimum atomic E-state index is -0.835. The fourth-order valence-electron chi connectivity index (χ4n) is 4.86. The Bertz CT molecular complexity index is 1850. The van der Waals surface area contributed by atoms with Crippen molar-refractivity contribution >= 4 is 50.9 Å². The number of benzene rings is 2. The fourth-order valence-corrected chi connectivity index (χ4v) is 6.73. The van der Waals surface area contributed by atoms with Crippen LogP contribution in [0.4, 0.5) is 0 Å². The molecule has 1 aliphatic rings. The highest BCUT2D eigenvalue weighted by Gasteiger charge is 2.36. The summed E-state index contributed by atoms with van der Waals surface area (Å²) in [7, 11) is 1.54. The van der Waals surface area contributed by atoms with Gasteiger partial charge in [-0.25, -0.2) is 9.79 Å². The molecule has 0 amide bonds. The third-order valence-electron chi connectivity index (χ3n) is 6.67. The molecule has 41 heavy (non-hydrogen) atoms. The Morgan fingerprint density at radius 3 is 2.71 bits per heavy atom. The molecular formula is C31H28BrClN2O5S. The predicted molar refractivity (Wildman–Crippen MR) is 164 cm³/mol. The number of esters is 1. The lowest BCUT2D eigenvalue weighted by atomic mass is 9.93. The second-order valence-electron chi connectivity index (χ2n) is 9.49. The molecule has 0 aliphatic carbocycles. The summed E-state index contributed by atoms with van der Waals surface area (Å²) in [5.41, 5.74) is 3.18. The average molecular weight is 656 g/mol. The van der Waals surface area contributed by atoms with E-state index in [9.17, 15) is 9.59 Å². The maximum absolute atomic E-state index is 14.0. The first-order valence-corrected chi connectivity index (χ1v) is 15.2. The molecule has 212 valence electrons. The number of carbonyl (C=O) groups excluding carboxylic acids is 1. The number of halogens is 2. The summed E-state index contributed by atoms with van der Waals surface area (Å²) in [6.45, 7) is 5.96. The molecule has 0 saturated carbocycles. The van der Waals surface area contributed by atoms with E-state index in [0.29, 0.717) is 54.9 Å². The van der Waals surface area contributed by atoms with Crippen LogP contribution in [-0.2, 0) is 9.53 Å². The van der Waals surface area contributed by atoms with Crippen molar-refractivity contribution in [1.82, 2.24) is 4.57 Å². The molecule has 4 aromatic rings. The number of nitrogens with zero attached hydrogens (tertiary/aromatic N) is 2. The Balaban J connectivity index is 1.71. The van der Waals surface area contributed by atoms with Crippen molar-refractivity contribution < 1.29 is 18.7 Å². The molecule has 7 nitrogen and oxygen atoms in total. The number of fused-ring (bicyclic) bond motifs is 1. The van der Waals surface area contributed by atoms with Gasteiger partial charge in [-0.3, -0.25) is 9.36 Å². The second kappa shape index (κ2) is 12.2. The van der Waals surface area contributed by atoms with Gasteiger partial charge in [-0.2, -0.15) is 0 Å². The minimum Gasteiger partial charge on any atom is -0.496 e. The number of furan rings is 1. The number of hydrogen-bond acceptors (Lipinski definition) is 7. The van der Waals surface area contributed by atoms with E-state index in [0.717, 1.165) is 22.0 Å². The van der Waals surface area contributed by atoms with Crippen LogP contribution in [0.15, 0.2) is 78.5 Å². The average Bonchev–Trinajstić information content (AvgIpc) is 3.52. The molecule has 0 bridgehead atoms.